The minimum absolute atomic E-state index is 0.0487. The molecule has 158 valence electrons. The normalized spacial score (nSPS) is 11.1. The third kappa shape index (κ3) is 3.85. The number of hydrogen-bond acceptors (Lipinski definition) is 7. The lowest BCUT2D eigenvalue weighted by atomic mass is 10.1. The van der Waals surface area contributed by atoms with Crippen molar-refractivity contribution in [3.8, 4) is 23.0 Å². The minimum Gasteiger partial charge on any atom is -0.507 e. The molecule has 0 aliphatic carbocycles. The molecule has 2 aromatic carbocycles. The van der Waals surface area contributed by atoms with Crippen molar-refractivity contribution in [2.75, 3.05) is 0 Å². The van der Waals surface area contributed by atoms with Gasteiger partial charge in [0.05, 0.1) is 16.1 Å². The summed E-state index contributed by atoms with van der Waals surface area (Å²) in [5, 5.41) is 22.4. The van der Waals surface area contributed by atoms with Crippen LogP contribution in [0.25, 0.3) is 22.5 Å². The van der Waals surface area contributed by atoms with Gasteiger partial charge >= 0.3 is 5.63 Å². The number of nitro benzene ring substituents is 1. The molecule has 0 amide bonds. The van der Waals surface area contributed by atoms with Crippen LogP contribution in [0.1, 0.15) is 16.7 Å². The topological polar surface area (TPSA) is 116 Å². The van der Waals surface area contributed by atoms with Gasteiger partial charge in [-0.2, -0.15) is 0 Å². The average molecular weight is 442 g/mol. The Balaban J connectivity index is 1.65. The summed E-state index contributed by atoms with van der Waals surface area (Å²) in [5.74, 6) is 0.738. The van der Waals surface area contributed by atoms with Crippen LogP contribution in [0.2, 0.25) is 5.02 Å². The Kier molecular flexibility index (Phi) is 5.16. The maximum atomic E-state index is 11.9. The van der Waals surface area contributed by atoms with E-state index in [0.717, 1.165) is 0 Å². The number of nitro groups is 1. The van der Waals surface area contributed by atoms with Crippen LogP contribution in [-0.4, -0.2) is 10.0 Å². The molecule has 0 aliphatic heterocycles. The van der Waals surface area contributed by atoms with Crippen LogP contribution in [-0.2, 0) is 6.61 Å². The second kappa shape index (κ2) is 7.81. The van der Waals surface area contributed by atoms with E-state index in [0.29, 0.717) is 32.9 Å². The van der Waals surface area contributed by atoms with Gasteiger partial charge in [-0.1, -0.05) is 11.6 Å². The highest BCUT2D eigenvalue weighted by molar-refractivity contribution is 6.30. The van der Waals surface area contributed by atoms with Crippen LogP contribution < -0.4 is 10.4 Å². The molecule has 1 N–H and O–H groups in total. The first-order chi connectivity index (χ1) is 14.7. The molecule has 8 nitrogen and oxygen atoms in total. The van der Waals surface area contributed by atoms with Crippen molar-refractivity contribution in [3.63, 3.8) is 0 Å². The first-order valence-corrected chi connectivity index (χ1v) is 9.55. The lowest BCUT2D eigenvalue weighted by Gasteiger charge is -2.07. The van der Waals surface area contributed by atoms with Crippen LogP contribution in [0.5, 0.6) is 11.5 Å². The lowest BCUT2D eigenvalue weighted by molar-refractivity contribution is -0.385. The number of benzene rings is 2. The predicted octanol–water partition coefficient (Wildman–Crippen LogP) is 5.52. The average Bonchev–Trinajstić information content (AvgIpc) is 3.16. The second-order valence-electron chi connectivity index (χ2n) is 6.95. The molecule has 0 bridgehead atoms. The molecule has 2 heterocycles. The van der Waals surface area contributed by atoms with E-state index >= 15 is 0 Å². The summed E-state index contributed by atoms with van der Waals surface area (Å²) in [6.45, 7) is 3.05. The summed E-state index contributed by atoms with van der Waals surface area (Å²) in [7, 11) is 0. The summed E-state index contributed by atoms with van der Waals surface area (Å²) in [6, 6.07) is 10.9. The molecule has 0 spiro atoms. The van der Waals surface area contributed by atoms with Gasteiger partial charge in [0, 0.05) is 22.0 Å². The molecule has 9 heteroatoms. The number of fused-ring (bicyclic) bond motifs is 1. The summed E-state index contributed by atoms with van der Waals surface area (Å²) < 4.78 is 16.8. The largest absolute Gasteiger partial charge is 0.507 e. The fourth-order valence-corrected chi connectivity index (χ4v) is 3.39. The Bertz CT molecular complexity index is 1390. The number of furan rings is 1. The number of nitrogens with zero attached hydrogens (tertiary/aromatic N) is 1. The SMILES string of the molecule is Cc1c(-c2cc3cc(OCc4cc(Cl)ccc4[N+](=O)[O-])ccc3o2)oc(=O)c(C)c1O. The number of ether oxygens (including phenoxy) is 1. The zero-order valence-electron chi connectivity index (χ0n) is 16.5. The van der Waals surface area contributed by atoms with Crippen LogP contribution >= 0.6 is 11.6 Å². The molecule has 0 unspecified atom stereocenters. The van der Waals surface area contributed by atoms with Crippen LogP contribution in [0.4, 0.5) is 5.69 Å². The van der Waals surface area contributed by atoms with Crippen LogP contribution in [0.3, 0.4) is 0 Å². The van der Waals surface area contributed by atoms with E-state index in [1.165, 1.54) is 25.1 Å². The highest BCUT2D eigenvalue weighted by Crippen LogP contribution is 2.35. The maximum Gasteiger partial charge on any atom is 0.343 e. The molecule has 31 heavy (non-hydrogen) atoms. The highest BCUT2D eigenvalue weighted by atomic mass is 35.5. The van der Waals surface area contributed by atoms with E-state index in [9.17, 15) is 20.0 Å². The van der Waals surface area contributed by atoms with Crippen molar-refractivity contribution in [1.29, 1.82) is 0 Å². The van der Waals surface area contributed by atoms with Crippen LogP contribution in [0, 0.1) is 24.0 Å². The third-order valence-corrected chi connectivity index (χ3v) is 5.13. The summed E-state index contributed by atoms with van der Waals surface area (Å²) in [5.41, 5.74) is 0.645. The van der Waals surface area contributed by atoms with Gasteiger partial charge in [-0.15, -0.1) is 0 Å². The van der Waals surface area contributed by atoms with Gasteiger partial charge in [0.25, 0.3) is 5.69 Å². The van der Waals surface area contributed by atoms with Crippen molar-refractivity contribution in [2.45, 2.75) is 20.5 Å². The van der Waals surface area contributed by atoms with Gasteiger partial charge in [0.15, 0.2) is 11.5 Å². The molecular formula is C22H16ClNO7. The maximum absolute atomic E-state index is 11.9. The first-order valence-electron chi connectivity index (χ1n) is 9.17. The summed E-state index contributed by atoms with van der Waals surface area (Å²) in [4.78, 5) is 22.6. The Morgan fingerprint density at radius 2 is 1.87 bits per heavy atom. The predicted molar refractivity (Wildman–Crippen MR) is 114 cm³/mol. The van der Waals surface area contributed by atoms with Gasteiger partial charge in [-0.25, -0.2) is 4.79 Å². The van der Waals surface area contributed by atoms with Crippen molar-refractivity contribution in [1.82, 2.24) is 0 Å². The van der Waals surface area contributed by atoms with E-state index in [-0.39, 0.29) is 35.1 Å². The van der Waals surface area contributed by atoms with Gasteiger partial charge < -0.3 is 18.7 Å². The molecule has 4 aromatic rings. The second-order valence-corrected chi connectivity index (χ2v) is 7.38. The number of rotatable bonds is 5. The Morgan fingerprint density at radius 3 is 2.61 bits per heavy atom. The molecule has 4 rings (SSSR count). The number of halogens is 1. The number of hydrogen-bond donors (Lipinski definition) is 1. The quantitative estimate of drug-likeness (QED) is 0.320. The van der Waals surface area contributed by atoms with E-state index in [1.807, 2.05) is 0 Å². The molecule has 0 radical (unpaired) electrons. The van der Waals surface area contributed by atoms with Crippen molar-refractivity contribution in [3.05, 3.63) is 84.7 Å². The fraction of sp³-hybridized carbons (Fsp3) is 0.136. The first kappa shape index (κ1) is 20.5. The molecule has 0 fully saturated rings. The van der Waals surface area contributed by atoms with Crippen molar-refractivity contribution < 1.29 is 23.6 Å². The highest BCUT2D eigenvalue weighted by Gasteiger charge is 2.19. The molecule has 0 aliphatic rings. The Hall–Kier alpha value is -3.78. The van der Waals surface area contributed by atoms with Crippen LogP contribution in [0.15, 0.2) is 56.1 Å². The standard InChI is InChI=1S/C22H16ClNO7/c1-11-20(25)12(2)22(26)31-21(11)19-9-13-8-16(4-6-18(13)30-19)29-10-14-7-15(23)3-5-17(14)24(27)28/h3-9,25H,10H2,1-2H3. The van der Waals surface area contributed by atoms with E-state index in [1.54, 1.807) is 31.2 Å². The molecule has 0 saturated heterocycles. The molecule has 0 saturated carbocycles. The molecule has 0 atom stereocenters. The molecule has 2 aromatic heterocycles. The zero-order chi connectivity index (χ0) is 22.3. The summed E-state index contributed by atoms with van der Waals surface area (Å²) >= 11 is 5.95. The zero-order valence-corrected chi connectivity index (χ0v) is 17.2. The smallest absolute Gasteiger partial charge is 0.343 e. The minimum atomic E-state index is -0.648. The summed E-state index contributed by atoms with van der Waals surface area (Å²) in [6.07, 6.45) is 0. The van der Waals surface area contributed by atoms with Gasteiger partial charge in [0.2, 0.25) is 0 Å². The Morgan fingerprint density at radius 1 is 1.10 bits per heavy atom. The van der Waals surface area contributed by atoms with Crippen molar-refractivity contribution in [2.24, 2.45) is 0 Å². The van der Waals surface area contributed by atoms with Gasteiger partial charge in [-0.05, 0) is 50.2 Å². The van der Waals surface area contributed by atoms with Crippen molar-refractivity contribution >= 4 is 28.3 Å². The number of aromatic hydroxyl groups is 1. The van der Waals surface area contributed by atoms with E-state index in [4.69, 9.17) is 25.2 Å². The monoisotopic (exact) mass is 441 g/mol. The fourth-order valence-electron chi connectivity index (χ4n) is 3.20. The lowest BCUT2D eigenvalue weighted by Crippen LogP contribution is -2.05. The van der Waals surface area contributed by atoms with Gasteiger partial charge in [-0.3, -0.25) is 10.1 Å². The van der Waals surface area contributed by atoms with E-state index < -0.39 is 10.5 Å². The van der Waals surface area contributed by atoms with Gasteiger partial charge in [0.1, 0.15) is 23.7 Å². The Labute approximate surface area is 180 Å². The molecular weight excluding hydrogens is 426 g/mol. The van der Waals surface area contributed by atoms with E-state index in [2.05, 4.69) is 0 Å². The third-order valence-electron chi connectivity index (χ3n) is 4.90.